The van der Waals surface area contributed by atoms with Crippen LogP contribution in [-0.2, 0) is 16.1 Å². The number of hydrogen-bond acceptors (Lipinski definition) is 4. The van der Waals surface area contributed by atoms with E-state index in [1.165, 1.54) is 18.5 Å². The first kappa shape index (κ1) is 15.1. The molecule has 1 amide bonds. The lowest BCUT2D eigenvalue weighted by Crippen LogP contribution is -2.48. The third-order valence-corrected chi connectivity index (χ3v) is 5.36. The second kappa shape index (κ2) is 6.61. The number of fused-ring (bicyclic) bond motifs is 1. The Balaban J connectivity index is 1.39. The van der Waals surface area contributed by atoms with Gasteiger partial charge in [-0.15, -0.1) is 0 Å². The molecule has 0 radical (unpaired) electrons. The van der Waals surface area contributed by atoms with E-state index in [-0.39, 0.29) is 11.9 Å². The summed E-state index contributed by atoms with van der Waals surface area (Å²) in [5.74, 6) is 0.848. The number of aromatic nitrogens is 2. The number of ether oxygens (including phenoxy) is 1. The topological polar surface area (TPSA) is 59.4 Å². The molecule has 1 saturated heterocycles. The van der Waals surface area contributed by atoms with Crippen LogP contribution in [0.5, 0.6) is 0 Å². The highest BCUT2D eigenvalue weighted by Crippen LogP contribution is 2.32. The van der Waals surface area contributed by atoms with Crippen molar-refractivity contribution >= 4 is 5.91 Å². The molecule has 3 heterocycles. The van der Waals surface area contributed by atoms with Crippen molar-refractivity contribution < 1.29 is 9.53 Å². The van der Waals surface area contributed by atoms with Crippen LogP contribution >= 0.6 is 0 Å². The van der Waals surface area contributed by atoms with Gasteiger partial charge in [-0.1, -0.05) is 0 Å². The van der Waals surface area contributed by atoms with Gasteiger partial charge in [-0.3, -0.25) is 9.69 Å². The number of nitrogens with one attached hydrogen (secondary N) is 1. The van der Waals surface area contributed by atoms with E-state index in [4.69, 9.17) is 4.74 Å². The number of amides is 1. The summed E-state index contributed by atoms with van der Waals surface area (Å²) in [6.45, 7) is 4.37. The maximum atomic E-state index is 12.0. The largest absolute Gasteiger partial charge is 0.381 e. The molecule has 0 bridgehead atoms. The summed E-state index contributed by atoms with van der Waals surface area (Å²) in [4.78, 5) is 18.9. The van der Waals surface area contributed by atoms with Crippen LogP contribution in [-0.4, -0.2) is 52.7 Å². The molecule has 23 heavy (non-hydrogen) atoms. The lowest BCUT2D eigenvalue weighted by Gasteiger charge is -2.40. The summed E-state index contributed by atoms with van der Waals surface area (Å²) < 4.78 is 7.74. The van der Waals surface area contributed by atoms with E-state index in [2.05, 4.69) is 19.8 Å². The predicted molar refractivity (Wildman–Crippen MR) is 85.9 cm³/mol. The highest BCUT2D eigenvalue weighted by Gasteiger charge is 2.31. The zero-order valence-corrected chi connectivity index (χ0v) is 13.6. The smallest absolute Gasteiger partial charge is 0.220 e. The second-order valence-corrected chi connectivity index (χ2v) is 7.17. The Bertz CT molecular complexity index is 549. The first-order chi connectivity index (χ1) is 11.3. The molecule has 0 aromatic carbocycles. The van der Waals surface area contributed by atoms with Gasteiger partial charge < -0.3 is 14.6 Å². The van der Waals surface area contributed by atoms with Crippen LogP contribution in [0.2, 0.25) is 0 Å². The summed E-state index contributed by atoms with van der Waals surface area (Å²) in [6, 6.07) is 0.879. The van der Waals surface area contributed by atoms with Crippen LogP contribution < -0.4 is 5.32 Å². The van der Waals surface area contributed by atoms with Gasteiger partial charge in [-0.05, 0) is 31.6 Å². The number of hydrogen-bond donors (Lipinski definition) is 1. The second-order valence-electron chi connectivity index (χ2n) is 7.17. The van der Waals surface area contributed by atoms with Crippen molar-refractivity contribution in [3.8, 4) is 0 Å². The minimum atomic E-state index is 0.206. The van der Waals surface area contributed by atoms with Gasteiger partial charge in [-0.2, -0.15) is 0 Å². The minimum Gasteiger partial charge on any atom is -0.381 e. The van der Waals surface area contributed by atoms with Gasteiger partial charge in [0.15, 0.2) is 0 Å². The number of nitrogens with zero attached hydrogens (tertiary/aromatic N) is 3. The van der Waals surface area contributed by atoms with Crippen LogP contribution in [0.4, 0.5) is 0 Å². The molecule has 6 nitrogen and oxygen atoms in total. The van der Waals surface area contributed by atoms with E-state index < -0.39 is 0 Å². The van der Waals surface area contributed by atoms with E-state index >= 15 is 0 Å². The molecule has 0 unspecified atom stereocenters. The van der Waals surface area contributed by atoms with E-state index in [0.29, 0.717) is 24.9 Å². The molecule has 1 aromatic rings. The minimum absolute atomic E-state index is 0.206. The molecular formula is C17H26N4O2. The molecule has 4 rings (SSSR count). The average molecular weight is 318 g/mol. The van der Waals surface area contributed by atoms with Gasteiger partial charge in [-0.25, -0.2) is 4.98 Å². The fourth-order valence-corrected chi connectivity index (χ4v) is 3.79. The molecule has 1 aliphatic carbocycles. The van der Waals surface area contributed by atoms with Crippen molar-refractivity contribution in [1.82, 2.24) is 19.8 Å². The van der Waals surface area contributed by atoms with Crippen molar-refractivity contribution in [2.45, 2.75) is 50.7 Å². The Morgan fingerprint density at radius 2 is 2.13 bits per heavy atom. The van der Waals surface area contributed by atoms with Gasteiger partial charge in [0.1, 0.15) is 0 Å². The van der Waals surface area contributed by atoms with E-state index in [9.17, 15) is 4.79 Å². The standard InChI is InChI=1S/C17H26N4O2/c22-17(7-13-1-2-13)19-9-16-11-20(14-3-5-23-6-4-14)10-15-8-18-12-21(15)16/h8,12-14,16H,1-7,9-11H2,(H,19,22)/t16-/m0/s1. The van der Waals surface area contributed by atoms with Crippen molar-refractivity contribution in [2.75, 3.05) is 26.3 Å². The summed E-state index contributed by atoms with van der Waals surface area (Å²) in [7, 11) is 0. The van der Waals surface area contributed by atoms with E-state index in [1.54, 1.807) is 0 Å². The van der Waals surface area contributed by atoms with Crippen LogP contribution in [0.25, 0.3) is 0 Å². The molecule has 1 atom stereocenters. The first-order valence-electron chi connectivity index (χ1n) is 8.89. The fourth-order valence-electron chi connectivity index (χ4n) is 3.79. The van der Waals surface area contributed by atoms with E-state index in [1.807, 2.05) is 12.5 Å². The number of carbonyl (C=O) groups is 1. The van der Waals surface area contributed by atoms with Crippen LogP contribution in [0.1, 0.15) is 43.8 Å². The lowest BCUT2D eigenvalue weighted by molar-refractivity contribution is -0.121. The Kier molecular flexibility index (Phi) is 4.35. The maximum Gasteiger partial charge on any atom is 0.220 e. The number of rotatable bonds is 5. The Morgan fingerprint density at radius 3 is 2.91 bits per heavy atom. The van der Waals surface area contributed by atoms with Crippen molar-refractivity contribution in [2.24, 2.45) is 5.92 Å². The summed E-state index contributed by atoms with van der Waals surface area (Å²) in [5, 5.41) is 3.14. The van der Waals surface area contributed by atoms with E-state index in [0.717, 1.165) is 39.1 Å². The molecule has 2 fully saturated rings. The van der Waals surface area contributed by atoms with Crippen LogP contribution in [0, 0.1) is 5.92 Å². The number of carbonyl (C=O) groups excluding carboxylic acids is 1. The highest BCUT2D eigenvalue weighted by atomic mass is 16.5. The Morgan fingerprint density at radius 1 is 1.30 bits per heavy atom. The molecule has 1 saturated carbocycles. The van der Waals surface area contributed by atoms with Gasteiger partial charge in [0.25, 0.3) is 0 Å². The third kappa shape index (κ3) is 3.58. The van der Waals surface area contributed by atoms with Gasteiger partial charge >= 0.3 is 0 Å². The molecule has 3 aliphatic rings. The zero-order chi connectivity index (χ0) is 15.6. The predicted octanol–water partition coefficient (Wildman–Crippen LogP) is 1.34. The summed E-state index contributed by atoms with van der Waals surface area (Å²) in [5.41, 5.74) is 1.25. The van der Waals surface area contributed by atoms with Crippen LogP contribution in [0.3, 0.4) is 0 Å². The summed E-state index contributed by atoms with van der Waals surface area (Å²) >= 11 is 0. The quantitative estimate of drug-likeness (QED) is 0.890. The van der Waals surface area contributed by atoms with Crippen molar-refractivity contribution in [3.05, 3.63) is 18.2 Å². The molecule has 126 valence electrons. The number of imidazole rings is 1. The molecule has 1 aromatic heterocycles. The van der Waals surface area contributed by atoms with Crippen molar-refractivity contribution in [3.63, 3.8) is 0 Å². The Labute approximate surface area is 137 Å². The monoisotopic (exact) mass is 318 g/mol. The van der Waals surface area contributed by atoms with Crippen molar-refractivity contribution in [1.29, 1.82) is 0 Å². The molecule has 0 spiro atoms. The summed E-state index contributed by atoms with van der Waals surface area (Å²) in [6.07, 6.45) is 9.23. The average Bonchev–Trinajstić information content (AvgIpc) is 3.26. The molecule has 2 aliphatic heterocycles. The van der Waals surface area contributed by atoms with Gasteiger partial charge in [0, 0.05) is 51.5 Å². The molecule has 6 heteroatoms. The fraction of sp³-hybridized carbons (Fsp3) is 0.765. The maximum absolute atomic E-state index is 12.0. The third-order valence-electron chi connectivity index (χ3n) is 5.36. The first-order valence-corrected chi connectivity index (χ1v) is 8.89. The SMILES string of the molecule is O=C(CC1CC1)NC[C@H]1CN(C2CCOCC2)Cc2cncn21. The Hall–Kier alpha value is -1.40. The highest BCUT2D eigenvalue weighted by molar-refractivity contribution is 5.76. The zero-order valence-electron chi connectivity index (χ0n) is 13.6. The van der Waals surface area contributed by atoms with Gasteiger partial charge in [0.05, 0.1) is 18.1 Å². The lowest BCUT2D eigenvalue weighted by atomic mass is 10.0. The van der Waals surface area contributed by atoms with Crippen LogP contribution in [0.15, 0.2) is 12.5 Å². The molecule has 1 N–H and O–H groups in total. The molecular weight excluding hydrogens is 292 g/mol. The van der Waals surface area contributed by atoms with Gasteiger partial charge in [0.2, 0.25) is 5.91 Å². The normalized spacial score (nSPS) is 26.0.